The van der Waals surface area contributed by atoms with Gasteiger partial charge in [0.1, 0.15) is 5.52 Å². The number of aromatic nitrogens is 4. The molecule has 0 aliphatic carbocycles. The van der Waals surface area contributed by atoms with Gasteiger partial charge in [0, 0.05) is 13.6 Å². The smallest absolute Gasteiger partial charge is 0.320 e. The lowest BCUT2D eigenvalue weighted by Crippen LogP contribution is -2.22. The lowest BCUT2D eigenvalue weighted by molar-refractivity contribution is 0.654. The lowest BCUT2D eigenvalue weighted by Gasteiger charge is -2.02. The summed E-state index contributed by atoms with van der Waals surface area (Å²) in [5, 5.41) is 0.896. The van der Waals surface area contributed by atoms with E-state index in [1.165, 1.54) is 0 Å². The highest BCUT2D eigenvalue weighted by atomic mass is 32.2. The van der Waals surface area contributed by atoms with Crippen molar-refractivity contribution in [2.24, 2.45) is 7.05 Å². The zero-order chi connectivity index (χ0) is 11.7. The summed E-state index contributed by atoms with van der Waals surface area (Å²) >= 11 is 1.56. The average Bonchev–Trinajstić information content (AvgIpc) is 2.60. The van der Waals surface area contributed by atoms with Crippen LogP contribution in [0.5, 0.6) is 0 Å². The third-order valence-electron chi connectivity index (χ3n) is 2.49. The first-order valence-corrected chi connectivity index (χ1v) is 6.37. The molecule has 0 bridgehead atoms. The third-order valence-corrected chi connectivity index (χ3v) is 3.22. The molecule has 2 rings (SSSR count). The Morgan fingerprint density at radius 2 is 2.25 bits per heavy atom. The van der Waals surface area contributed by atoms with Gasteiger partial charge in [-0.05, 0) is 12.7 Å². The Hall–Kier alpha value is -1.30. The first kappa shape index (κ1) is 11.2. The van der Waals surface area contributed by atoms with Gasteiger partial charge in [-0.15, -0.1) is 0 Å². The molecule has 0 amide bonds. The predicted octanol–water partition coefficient (Wildman–Crippen LogP) is 1.26. The summed E-state index contributed by atoms with van der Waals surface area (Å²) < 4.78 is 3.59. The van der Waals surface area contributed by atoms with Gasteiger partial charge in [0.05, 0.1) is 6.20 Å². The Bertz CT molecular complexity index is 572. The van der Waals surface area contributed by atoms with Gasteiger partial charge in [0.25, 0.3) is 0 Å². The molecule has 2 aromatic rings. The molecule has 16 heavy (non-hydrogen) atoms. The number of aryl methyl sites for hydroxylation is 2. The van der Waals surface area contributed by atoms with E-state index < -0.39 is 0 Å². The van der Waals surface area contributed by atoms with Crippen molar-refractivity contribution < 1.29 is 0 Å². The third kappa shape index (κ3) is 1.63. The average molecular weight is 238 g/mol. The maximum atomic E-state index is 11.6. The van der Waals surface area contributed by atoms with E-state index in [9.17, 15) is 4.79 Å². The molecule has 5 nitrogen and oxygen atoms in total. The number of rotatable bonds is 3. The fraction of sp³-hybridized carbons (Fsp3) is 0.500. The fourth-order valence-electron chi connectivity index (χ4n) is 1.70. The standard InChI is InChI=1S/C10H14N4OS/c1-4-5-14-8-7(6-11-9(14)15)13(2)10(12-8)16-3/h6H,4-5H2,1-3H3. The minimum atomic E-state index is -0.222. The molecule has 0 radical (unpaired) electrons. The molecule has 0 aliphatic rings. The minimum absolute atomic E-state index is 0.222. The van der Waals surface area contributed by atoms with Gasteiger partial charge in [-0.2, -0.15) is 4.98 Å². The van der Waals surface area contributed by atoms with Crippen molar-refractivity contribution >= 4 is 22.9 Å². The van der Waals surface area contributed by atoms with Crippen molar-refractivity contribution in [3.8, 4) is 0 Å². The molecule has 0 N–H and O–H groups in total. The molecule has 2 aromatic heterocycles. The van der Waals surface area contributed by atoms with E-state index in [4.69, 9.17) is 0 Å². The van der Waals surface area contributed by atoms with E-state index in [2.05, 4.69) is 9.97 Å². The Labute approximate surface area is 97.5 Å². The van der Waals surface area contributed by atoms with Crippen LogP contribution in [-0.4, -0.2) is 25.4 Å². The van der Waals surface area contributed by atoms with Gasteiger partial charge in [-0.25, -0.2) is 9.78 Å². The van der Waals surface area contributed by atoms with Crippen molar-refractivity contribution in [3.63, 3.8) is 0 Å². The predicted molar refractivity (Wildman–Crippen MR) is 64.8 cm³/mol. The van der Waals surface area contributed by atoms with Gasteiger partial charge >= 0.3 is 5.69 Å². The van der Waals surface area contributed by atoms with Crippen molar-refractivity contribution in [1.29, 1.82) is 0 Å². The summed E-state index contributed by atoms with van der Waals surface area (Å²) in [5.41, 5.74) is 1.41. The van der Waals surface area contributed by atoms with Crippen LogP contribution in [0.15, 0.2) is 16.1 Å². The van der Waals surface area contributed by atoms with E-state index in [0.717, 1.165) is 22.7 Å². The Balaban J connectivity index is 2.77. The van der Waals surface area contributed by atoms with Gasteiger partial charge in [0.2, 0.25) is 0 Å². The van der Waals surface area contributed by atoms with Crippen molar-refractivity contribution in [2.45, 2.75) is 25.0 Å². The first-order valence-electron chi connectivity index (χ1n) is 5.15. The molecule has 86 valence electrons. The van der Waals surface area contributed by atoms with E-state index >= 15 is 0 Å². The largest absolute Gasteiger partial charge is 0.349 e. The second-order valence-electron chi connectivity index (χ2n) is 3.56. The zero-order valence-electron chi connectivity index (χ0n) is 9.60. The van der Waals surface area contributed by atoms with E-state index in [1.54, 1.807) is 22.5 Å². The van der Waals surface area contributed by atoms with Gasteiger partial charge in [-0.3, -0.25) is 4.57 Å². The number of hydrogen-bond donors (Lipinski definition) is 0. The van der Waals surface area contributed by atoms with Crippen molar-refractivity contribution in [2.75, 3.05) is 6.26 Å². The van der Waals surface area contributed by atoms with E-state index in [-0.39, 0.29) is 5.69 Å². The maximum Gasteiger partial charge on any atom is 0.349 e. The number of nitrogens with zero attached hydrogens (tertiary/aromatic N) is 4. The summed E-state index contributed by atoms with van der Waals surface area (Å²) in [6.07, 6.45) is 4.46. The van der Waals surface area contributed by atoms with Gasteiger partial charge in [-0.1, -0.05) is 18.7 Å². The molecule has 0 spiro atoms. The van der Waals surface area contributed by atoms with E-state index in [1.807, 2.05) is 24.8 Å². The second-order valence-corrected chi connectivity index (χ2v) is 4.33. The summed E-state index contributed by atoms with van der Waals surface area (Å²) in [5.74, 6) is 0. The van der Waals surface area contributed by atoms with Crippen LogP contribution in [0.4, 0.5) is 0 Å². The number of fused-ring (bicyclic) bond motifs is 1. The summed E-state index contributed by atoms with van der Waals surface area (Å²) in [4.78, 5) is 20.0. The monoisotopic (exact) mass is 238 g/mol. The topological polar surface area (TPSA) is 52.7 Å². The Morgan fingerprint density at radius 3 is 2.88 bits per heavy atom. The van der Waals surface area contributed by atoms with Crippen LogP contribution in [0.1, 0.15) is 13.3 Å². The fourth-order valence-corrected chi connectivity index (χ4v) is 2.25. The van der Waals surface area contributed by atoms with Crippen LogP contribution in [0.3, 0.4) is 0 Å². The quantitative estimate of drug-likeness (QED) is 0.755. The van der Waals surface area contributed by atoms with Gasteiger partial charge < -0.3 is 4.57 Å². The van der Waals surface area contributed by atoms with Crippen molar-refractivity contribution in [1.82, 2.24) is 19.1 Å². The zero-order valence-corrected chi connectivity index (χ0v) is 10.4. The van der Waals surface area contributed by atoms with Crippen LogP contribution >= 0.6 is 11.8 Å². The van der Waals surface area contributed by atoms with Crippen LogP contribution in [-0.2, 0) is 13.6 Å². The molecule has 0 unspecified atom stereocenters. The van der Waals surface area contributed by atoms with Crippen LogP contribution in [0, 0.1) is 0 Å². The molecule has 0 fully saturated rings. The molecule has 0 aliphatic heterocycles. The molecule has 6 heteroatoms. The highest BCUT2D eigenvalue weighted by Crippen LogP contribution is 2.19. The summed E-state index contributed by atoms with van der Waals surface area (Å²) in [7, 11) is 1.93. The van der Waals surface area contributed by atoms with Crippen LogP contribution in [0.2, 0.25) is 0 Å². The summed E-state index contributed by atoms with van der Waals surface area (Å²) in [6, 6.07) is 0. The van der Waals surface area contributed by atoms with Crippen LogP contribution in [0.25, 0.3) is 11.2 Å². The summed E-state index contributed by atoms with van der Waals surface area (Å²) in [6.45, 7) is 2.69. The Morgan fingerprint density at radius 1 is 1.50 bits per heavy atom. The second kappa shape index (κ2) is 4.29. The first-order chi connectivity index (χ1) is 7.69. The minimum Gasteiger partial charge on any atom is -0.320 e. The highest BCUT2D eigenvalue weighted by Gasteiger charge is 2.11. The Kier molecular flexibility index (Phi) is 3.00. The van der Waals surface area contributed by atoms with E-state index in [0.29, 0.717) is 6.54 Å². The molecular weight excluding hydrogens is 224 g/mol. The molecule has 2 heterocycles. The highest BCUT2D eigenvalue weighted by molar-refractivity contribution is 7.98. The molecular formula is C10H14N4OS. The number of hydrogen-bond acceptors (Lipinski definition) is 4. The van der Waals surface area contributed by atoms with Gasteiger partial charge in [0.15, 0.2) is 10.8 Å². The molecule has 0 saturated carbocycles. The maximum absolute atomic E-state index is 11.6. The number of imidazole rings is 1. The molecule has 0 aromatic carbocycles. The normalized spacial score (nSPS) is 11.2. The number of thioether (sulfide) groups is 1. The van der Waals surface area contributed by atoms with Crippen LogP contribution < -0.4 is 5.69 Å². The molecule has 0 atom stereocenters. The molecule has 0 saturated heterocycles. The lowest BCUT2D eigenvalue weighted by atomic mass is 10.4. The van der Waals surface area contributed by atoms with Crippen molar-refractivity contribution in [3.05, 3.63) is 16.7 Å². The SMILES string of the molecule is CCCn1c(=O)ncc2c1nc(SC)n2C.